The highest BCUT2D eigenvalue weighted by Crippen LogP contribution is 2.31. The van der Waals surface area contributed by atoms with Crippen molar-refractivity contribution < 1.29 is 18.8 Å². The number of hydrogen-bond donors (Lipinski definition) is 3. The number of anilines is 1. The van der Waals surface area contributed by atoms with Gasteiger partial charge in [0.25, 0.3) is 0 Å². The van der Waals surface area contributed by atoms with Gasteiger partial charge in [0.1, 0.15) is 5.78 Å². The first-order valence-corrected chi connectivity index (χ1v) is 16.3. The Morgan fingerprint density at radius 1 is 1.00 bits per heavy atom. The summed E-state index contributed by atoms with van der Waals surface area (Å²) < 4.78 is 10.3. The van der Waals surface area contributed by atoms with Gasteiger partial charge in [-0.1, -0.05) is 29.4 Å². The van der Waals surface area contributed by atoms with E-state index < -0.39 is 11.7 Å². The second kappa shape index (κ2) is 16.3. The van der Waals surface area contributed by atoms with Crippen molar-refractivity contribution in [1.29, 1.82) is 0 Å². The molecule has 4 aromatic rings. The fraction of sp³-hybridized carbons (Fsp3) is 0.417. The van der Waals surface area contributed by atoms with E-state index >= 15 is 0 Å². The van der Waals surface area contributed by atoms with Gasteiger partial charge in [-0.2, -0.15) is 0 Å². The van der Waals surface area contributed by atoms with Crippen LogP contribution < -0.4 is 21.5 Å². The van der Waals surface area contributed by atoms with Crippen LogP contribution in [0.4, 0.5) is 5.69 Å². The third kappa shape index (κ3) is 9.69. The van der Waals surface area contributed by atoms with Crippen molar-refractivity contribution in [1.82, 2.24) is 20.0 Å². The lowest BCUT2D eigenvalue weighted by Gasteiger charge is -2.27. The topological polar surface area (TPSA) is 156 Å². The largest absolute Gasteiger partial charge is 0.478 e. The molecule has 5 rings (SSSR count). The number of nitrogens with zero attached hydrogens (tertiary/aromatic N) is 3. The zero-order valence-electron chi connectivity index (χ0n) is 27.1. The molecule has 2 aromatic heterocycles. The van der Waals surface area contributed by atoms with Crippen LogP contribution >= 0.6 is 0 Å². The summed E-state index contributed by atoms with van der Waals surface area (Å²) in [6.45, 7) is 2.22. The number of nitrogens with one attached hydrogen (secondary N) is 2. The molecule has 1 aliphatic carbocycles. The fourth-order valence-electron chi connectivity index (χ4n) is 6.01. The number of carbonyl (C=O) groups excluding carboxylic acids is 2. The summed E-state index contributed by atoms with van der Waals surface area (Å²) in [6.07, 6.45) is 6.87. The van der Waals surface area contributed by atoms with Crippen molar-refractivity contribution in [3.8, 4) is 28.4 Å². The molecule has 1 atom stereocenters. The number of aromatic amines is 1. The highest BCUT2D eigenvalue weighted by Gasteiger charge is 2.30. The molecule has 4 N–H and O–H groups in total. The Kier molecular flexibility index (Phi) is 11.7. The van der Waals surface area contributed by atoms with Crippen LogP contribution in [-0.2, 0) is 16.0 Å². The van der Waals surface area contributed by atoms with E-state index in [4.69, 9.17) is 10.5 Å². The lowest BCUT2D eigenvalue weighted by Crippen LogP contribution is -2.31. The van der Waals surface area contributed by atoms with Gasteiger partial charge in [0, 0.05) is 53.9 Å². The standard InChI is InChI=1S/C36H44N6O5/c1-42(2)18-3-19-46-33-17-14-29(23-38-33)26-8-4-24(5-9-26)20-30(21-32(43)27-10-6-25(22-37)7-11-27)35(44)39-31-15-12-28(13-16-31)34-40-36(45)47-41-34/h4-5,8-9,12-17,23,25,27,30H,3,6-7,10-11,18-22,37H2,1-2H3,(H,39,44)(H,40,41,45)/t25?,27?,30-/m1/s1. The smallest absolute Gasteiger partial charge is 0.439 e. The molecule has 0 radical (unpaired) electrons. The Hall–Kier alpha value is -4.61. The molecule has 0 spiro atoms. The molecule has 0 saturated heterocycles. The Morgan fingerprint density at radius 3 is 2.32 bits per heavy atom. The minimum Gasteiger partial charge on any atom is -0.478 e. The van der Waals surface area contributed by atoms with Crippen molar-refractivity contribution in [2.75, 3.05) is 39.1 Å². The molecule has 1 aliphatic rings. The zero-order chi connectivity index (χ0) is 33.2. The summed E-state index contributed by atoms with van der Waals surface area (Å²) >= 11 is 0. The van der Waals surface area contributed by atoms with Crippen LogP contribution in [0.2, 0.25) is 0 Å². The monoisotopic (exact) mass is 640 g/mol. The van der Waals surface area contributed by atoms with E-state index in [9.17, 15) is 14.4 Å². The summed E-state index contributed by atoms with van der Waals surface area (Å²) in [5.74, 6) is 0.0805. The zero-order valence-corrected chi connectivity index (χ0v) is 27.1. The van der Waals surface area contributed by atoms with E-state index in [1.165, 1.54) is 0 Å². The number of hydrogen-bond acceptors (Lipinski definition) is 9. The summed E-state index contributed by atoms with van der Waals surface area (Å²) in [4.78, 5) is 47.5. The van der Waals surface area contributed by atoms with Crippen LogP contribution in [0, 0.1) is 17.8 Å². The van der Waals surface area contributed by atoms with Gasteiger partial charge in [-0.15, -0.1) is 0 Å². The van der Waals surface area contributed by atoms with Crippen molar-refractivity contribution >= 4 is 17.4 Å². The van der Waals surface area contributed by atoms with Gasteiger partial charge >= 0.3 is 5.76 Å². The Balaban J connectivity index is 1.25. The van der Waals surface area contributed by atoms with E-state index in [1.54, 1.807) is 30.5 Å². The van der Waals surface area contributed by atoms with Gasteiger partial charge in [-0.25, -0.2) is 9.78 Å². The maximum Gasteiger partial charge on any atom is 0.439 e. The molecule has 2 aromatic carbocycles. The van der Waals surface area contributed by atoms with Gasteiger partial charge in [0.15, 0.2) is 5.82 Å². The molecule has 0 unspecified atom stereocenters. The van der Waals surface area contributed by atoms with Crippen molar-refractivity contribution in [2.24, 2.45) is 23.5 Å². The molecule has 1 saturated carbocycles. The Bertz CT molecular complexity index is 1640. The molecular formula is C36H44N6O5. The number of ether oxygens (including phenoxy) is 1. The second-order valence-corrected chi connectivity index (χ2v) is 12.6. The summed E-state index contributed by atoms with van der Waals surface area (Å²) in [7, 11) is 4.08. The molecule has 11 nitrogen and oxygen atoms in total. The second-order valence-electron chi connectivity index (χ2n) is 12.6. The van der Waals surface area contributed by atoms with Crippen molar-refractivity contribution in [3.63, 3.8) is 0 Å². The minimum absolute atomic E-state index is 0.0354. The number of rotatable bonds is 15. The van der Waals surface area contributed by atoms with Crippen molar-refractivity contribution in [3.05, 3.63) is 83.0 Å². The number of carbonyl (C=O) groups is 2. The Labute approximate surface area is 274 Å². The predicted octanol–water partition coefficient (Wildman–Crippen LogP) is 4.94. The van der Waals surface area contributed by atoms with E-state index in [-0.39, 0.29) is 24.0 Å². The molecule has 47 heavy (non-hydrogen) atoms. The van der Waals surface area contributed by atoms with E-state index in [1.807, 2.05) is 50.5 Å². The van der Waals surface area contributed by atoms with E-state index in [2.05, 4.69) is 29.9 Å². The number of benzene rings is 2. The third-order valence-corrected chi connectivity index (χ3v) is 8.83. The molecule has 0 aliphatic heterocycles. The average molecular weight is 641 g/mol. The van der Waals surface area contributed by atoms with E-state index in [0.29, 0.717) is 48.4 Å². The van der Waals surface area contributed by atoms with Crippen LogP contribution in [0.15, 0.2) is 76.2 Å². The first-order chi connectivity index (χ1) is 22.8. The van der Waals surface area contributed by atoms with Crippen molar-refractivity contribution in [2.45, 2.75) is 44.9 Å². The molecule has 0 bridgehead atoms. The lowest BCUT2D eigenvalue weighted by molar-refractivity contribution is -0.129. The summed E-state index contributed by atoms with van der Waals surface area (Å²) in [5.41, 5.74) is 10.0. The number of nitrogens with two attached hydrogens (primary N) is 1. The molecule has 1 amide bonds. The van der Waals surface area contributed by atoms with Gasteiger partial charge in [0.05, 0.1) is 6.61 Å². The van der Waals surface area contributed by atoms with Gasteiger partial charge < -0.3 is 20.7 Å². The van der Waals surface area contributed by atoms with Crippen LogP contribution in [0.1, 0.15) is 44.1 Å². The fourth-order valence-corrected chi connectivity index (χ4v) is 6.01. The van der Waals surface area contributed by atoms with Crippen LogP contribution in [-0.4, -0.2) is 65.5 Å². The summed E-state index contributed by atoms with van der Waals surface area (Å²) in [6, 6.07) is 18.8. The van der Waals surface area contributed by atoms with Crippen LogP contribution in [0.3, 0.4) is 0 Å². The highest BCUT2D eigenvalue weighted by molar-refractivity contribution is 5.96. The minimum atomic E-state index is -0.639. The number of pyridine rings is 1. The molecule has 1 fully saturated rings. The molecule has 2 heterocycles. The number of amides is 1. The lowest BCUT2D eigenvalue weighted by atomic mass is 9.77. The molecular weight excluding hydrogens is 596 g/mol. The molecule has 11 heteroatoms. The number of Topliss-reactive ketones (excluding diaryl/α,β-unsaturated/α-hetero) is 1. The number of H-pyrrole nitrogens is 1. The first-order valence-electron chi connectivity index (χ1n) is 16.3. The average Bonchev–Trinajstić information content (AvgIpc) is 3.53. The summed E-state index contributed by atoms with van der Waals surface area (Å²) in [5, 5.41) is 6.69. The number of ketones is 1. The number of aromatic nitrogens is 3. The predicted molar refractivity (Wildman–Crippen MR) is 181 cm³/mol. The first kappa shape index (κ1) is 33.7. The molecule has 248 valence electrons. The van der Waals surface area contributed by atoms with Crippen LogP contribution in [0.5, 0.6) is 5.88 Å². The third-order valence-electron chi connectivity index (χ3n) is 8.83. The maximum atomic E-state index is 13.7. The van der Waals surface area contributed by atoms with Gasteiger partial charge in [-0.05, 0) is 107 Å². The van der Waals surface area contributed by atoms with Crippen LogP contribution in [0.25, 0.3) is 22.5 Å². The SMILES string of the molecule is CN(C)CCCOc1ccc(-c2ccc(C[C@H](CC(=O)C3CCC(CN)CC3)C(=O)Nc3ccc(-c4noc(=O)[nH]4)cc3)cc2)cn1. The van der Waals surface area contributed by atoms with Gasteiger partial charge in [-0.3, -0.25) is 19.1 Å². The maximum absolute atomic E-state index is 13.7. The van der Waals surface area contributed by atoms with E-state index in [0.717, 1.165) is 55.3 Å². The Morgan fingerprint density at radius 2 is 1.70 bits per heavy atom. The normalized spacial score (nSPS) is 16.9. The highest BCUT2D eigenvalue weighted by atomic mass is 16.5. The quantitative estimate of drug-likeness (QED) is 0.153. The van der Waals surface area contributed by atoms with Gasteiger partial charge in [0.2, 0.25) is 11.8 Å².